The summed E-state index contributed by atoms with van der Waals surface area (Å²) >= 11 is 1.52. The molecular formula is C23H27N3O2S. The quantitative estimate of drug-likeness (QED) is 0.677. The Kier molecular flexibility index (Phi) is 5.83. The van der Waals surface area contributed by atoms with E-state index in [4.69, 9.17) is 0 Å². The number of aromatic nitrogens is 1. The summed E-state index contributed by atoms with van der Waals surface area (Å²) in [6.45, 7) is 7.95. The number of rotatable bonds is 6. The Morgan fingerprint density at radius 2 is 1.97 bits per heavy atom. The van der Waals surface area contributed by atoms with E-state index in [0.717, 1.165) is 42.1 Å². The average molecular weight is 410 g/mol. The van der Waals surface area contributed by atoms with Gasteiger partial charge in [0.1, 0.15) is 0 Å². The minimum absolute atomic E-state index is 0.0634. The third-order valence-electron chi connectivity index (χ3n) is 5.61. The molecule has 1 N–H and O–H groups in total. The molecule has 0 fully saturated rings. The van der Waals surface area contributed by atoms with Crippen LogP contribution in [0.15, 0.2) is 41.3 Å². The van der Waals surface area contributed by atoms with Gasteiger partial charge in [0.05, 0.1) is 10.9 Å². The van der Waals surface area contributed by atoms with Crippen molar-refractivity contribution in [2.75, 3.05) is 19.6 Å². The molecule has 3 heterocycles. The molecule has 0 atom stereocenters. The lowest BCUT2D eigenvalue weighted by atomic mass is 10.00. The zero-order chi connectivity index (χ0) is 20.4. The number of carbonyl (C=O) groups excluding carboxylic acids is 1. The zero-order valence-electron chi connectivity index (χ0n) is 17.0. The Labute approximate surface area is 175 Å². The number of nitrogens with zero attached hydrogens (tertiary/aromatic N) is 2. The van der Waals surface area contributed by atoms with Crippen LogP contribution in [0.5, 0.6) is 0 Å². The van der Waals surface area contributed by atoms with Crippen LogP contribution >= 0.6 is 11.3 Å². The number of benzene rings is 1. The summed E-state index contributed by atoms with van der Waals surface area (Å²) in [5.41, 5.74) is 3.29. The van der Waals surface area contributed by atoms with Crippen molar-refractivity contribution < 1.29 is 4.79 Å². The van der Waals surface area contributed by atoms with Crippen molar-refractivity contribution in [1.29, 1.82) is 0 Å². The molecule has 0 aliphatic carbocycles. The van der Waals surface area contributed by atoms with Crippen molar-refractivity contribution in [2.45, 2.75) is 39.8 Å². The third kappa shape index (κ3) is 4.00. The predicted molar refractivity (Wildman–Crippen MR) is 119 cm³/mol. The number of fused-ring (bicyclic) bond motifs is 2. The van der Waals surface area contributed by atoms with E-state index in [9.17, 15) is 9.59 Å². The maximum atomic E-state index is 12.9. The minimum Gasteiger partial charge on any atom is -0.351 e. The molecule has 1 aromatic carbocycles. The van der Waals surface area contributed by atoms with E-state index < -0.39 is 0 Å². The van der Waals surface area contributed by atoms with Crippen LogP contribution in [0.25, 0.3) is 10.1 Å². The van der Waals surface area contributed by atoms with Crippen molar-refractivity contribution >= 4 is 27.3 Å². The monoisotopic (exact) mass is 409 g/mol. The summed E-state index contributed by atoms with van der Waals surface area (Å²) in [7, 11) is 0. The molecule has 0 unspecified atom stereocenters. The van der Waals surface area contributed by atoms with Gasteiger partial charge < -0.3 is 9.88 Å². The lowest BCUT2D eigenvalue weighted by Crippen LogP contribution is -2.38. The summed E-state index contributed by atoms with van der Waals surface area (Å²) in [4.78, 5) is 29.1. The van der Waals surface area contributed by atoms with Crippen LogP contribution in [-0.2, 0) is 19.5 Å². The van der Waals surface area contributed by atoms with Crippen molar-refractivity contribution in [3.63, 3.8) is 0 Å². The molecular weight excluding hydrogens is 382 g/mol. The number of thiophene rings is 1. The second-order valence-electron chi connectivity index (χ2n) is 7.64. The first-order valence-electron chi connectivity index (χ1n) is 10.3. The standard InChI is InChI=1S/C23H27N3O2S/c1-3-11-26-13-9-19-21(23(26)28)20(16(2)29-19)22(27)24-10-14-25-12-8-17-6-4-5-7-18(17)15-25/h4-7,9,13H,3,8,10-12,14-15H2,1-2H3,(H,24,27). The number of amides is 1. The molecule has 29 heavy (non-hydrogen) atoms. The first-order chi connectivity index (χ1) is 14.1. The minimum atomic E-state index is -0.141. The Morgan fingerprint density at radius 1 is 1.17 bits per heavy atom. The molecule has 0 saturated heterocycles. The molecule has 0 radical (unpaired) electrons. The number of hydrogen-bond acceptors (Lipinski definition) is 4. The van der Waals surface area contributed by atoms with Gasteiger partial charge in [-0.2, -0.15) is 0 Å². The summed E-state index contributed by atoms with van der Waals surface area (Å²) in [5, 5.41) is 3.61. The fourth-order valence-electron chi connectivity index (χ4n) is 4.12. The lowest BCUT2D eigenvalue weighted by Gasteiger charge is -2.28. The Balaban J connectivity index is 1.45. The van der Waals surface area contributed by atoms with E-state index in [-0.39, 0.29) is 11.5 Å². The van der Waals surface area contributed by atoms with Gasteiger partial charge in [-0.1, -0.05) is 31.2 Å². The van der Waals surface area contributed by atoms with Gasteiger partial charge in [-0.15, -0.1) is 11.3 Å². The second kappa shape index (κ2) is 8.51. The van der Waals surface area contributed by atoms with E-state index in [1.165, 1.54) is 22.5 Å². The van der Waals surface area contributed by atoms with Gasteiger partial charge in [0.2, 0.25) is 0 Å². The summed E-state index contributed by atoms with van der Waals surface area (Å²) in [6, 6.07) is 10.5. The maximum Gasteiger partial charge on any atom is 0.260 e. The maximum absolute atomic E-state index is 12.9. The molecule has 6 heteroatoms. The van der Waals surface area contributed by atoms with Gasteiger partial charge in [-0.05, 0) is 37.0 Å². The van der Waals surface area contributed by atoms with Crippen LogP contribution in [0.1, 0.15) is 39.7 Å². The van der Waals surface area contributed by atoms with Crippen LogP contribution in [-0.4, -0.2) is 35.0 Å². The molecule has 4 rings (SSSR count). The summed E-state index contributed by atoms with van der Waals surface area (Å²) in [6.07, 6.45) is 3.77. The van der Waals surface area contributed by atoms with Crippen LogP contribution in [0.3, 0.4) is 0 Å². The van der Waals surface area contributed by atoms with Crippen molar-refractivity contribution in [1.82, 2.24) is 14.8 Å². The van der Waals surface area contributed by atoms with E-state index in [1.54, 1.807) is 4.57 Å². The summed E-state index contributed by atoms with van der Waals surface area (Å²) < 4.78 is 2.59. The molecule has 0 bridgehead atoms. The van der Waals surface area contributed by atoms with Gasteiger partial charge in [-0.25, -0.2) is 0 Å². The summed E-state index contributed by atoms with van der Waals surface area (Å²) in [5.74, 6) is -0.141. The molecule has 1 aliphatic heterocycles. The Hall–Kier alpha value is -2.44. The molecule has 0 saturated carbocycles. The average Bonchev–Trinajstić information content (AvgIpc) is 3.07. The van der Waals surface area contributed by atoms with Crippen LogP contribution in [0.2, 0.25) is 0 Å². The highest BCUT2D eigenvalue weighted by Crippen LogP contribution is 2.28. The molecule has 3 aromatic rings. The molecule has 1 amide bonds. The van der Waals surface area contributed by atoms with E-state index in [0.29, 0.717) is 24.0 Å². The topological polar surface area (TPSA) is 54.3 Å². The first kappa shape index (κ1) is 19.9. The van der Waals surface area contributed by atoms with E-state index >= 15 is 0 Å². The second-order valence-corrected chi connectivity index (χ2v) is 8.89. The van der Waals surface area contributed by atoms with Crippen LogP contribution in [0, 0.1) is 6.92 Å². The van der Waals surface area contributed by atoms with Crippen LogP contribution in [0.4, 0.5) is 0 Å². The van der Waals surface area contributed by atoms with Gasteiger partial charge in [-0.3, -0.25) is 14.5 Å². The van der Waals surface area contributed by atoms with Gasteiger partial charge in [0.15, 0.2) is 0 Å². The number of carbonyl (C=O) groups is 1. The molecule has 1 aliphatic rings. The number of hydrogen-bond donors (Lipinski definition) is 1. The van der Waals surface area contributed by atoms with E-state index in [2.05, 4.69) is 34.5 Å². The van der Waals surface area contributed by atoms with Crippen molar-refractivity contribution in [3.05, 3.63) is 68.4 Å². The molecule has 2 aromatic heterocycles. The SMILES string of the molecule is CCCn1ccc2sc(C)c(C(=O)NCCN3CCc4ccccc4C3)c2c1=O. The number of nitrogens with one attached hydrogen (secondary N) is 1. The number of aryl methyl sites for hydroxylation is 2. The van der Waals surface area contributed by atoms with Crippen molar-refractivity contribution in [3.8, 4) is 0 Å². The molecule has 5 nitrogen and oxygen atoms in total. The predicted octanol–water partition coefficient (Wildman–Crippen LogP) is 3.57. The first-order valence-corrected chi connectivity index (χ1v) is 11.1. The van der Waals surface area contributed by atoms with Gasteiger partial charge in [0, 0.05) is 48.5 Å². The lowest BCUT2D eigenvalue weighted by molar-refractivity contribution is 0.0948. The van der Waals surface area contributed by atoms with Gasteiger partial charge in [0.25, 0.3) is 11.5 Å². The fourth-order valence-corrected chi connectivity index (χ4v) is 5.16. The largest absolute Gasteiger partial charge is 0.351 e. The Morgan fingerprint density at radius 3 is 2.76 bits per heavy atom. The fraction of sp³-hybridized carbons (Fsp3) is 0.391. The number of pyridine rings is 1. The highest BCUT2D eigenvalue weighted by atomic mass is 32.1. The van der Waals surface area contributed by atoms with E-state index in [1.807, 2.05) is 26.1 Å². The molecule has 0 spiro atoms. The highest BCUT2D eigenvalue weighted by molar-refractivity contribution is 7.19. The third-order valence-corrected chi connectivity index (χ3v) is 6.68. The zero-order valence-corrected chi connectivity index (χ0v) is 17.8. The van der Waals surface area contributed by atoms with Gasteiger partial charge >= 0.3 is 0 Å². The van der Waals surface area contributed by atoms with Crippen LogP contribution < -0.4 is 10.9 Å². The Bertz CT molecular complexity index is 1100. The normalized spacial score (nSPS) is 14.1. The molecule has 152 valence electrons. The smallest absolute Gasteiger partial charge is 0.260 e. The van der Waals surface area contributed by atoms with Crippen molar-refractivity contribution in [2.24, 2.45) is 0 Å². The highest BCUT2D eigenvalue weighted by Gasteiger charge is 2.20.